The van der Waals surface area contributed by atoms with Crippen molar-refractivity contribution in [2.75, 3.05) is 7.11 Å². The lowest BCUT2D eigenvalue weighted by Crippen LogP contribution is -2.28. The number of non-ortho nitro benzene ring substituents is 1. The number of ether oxygens (including phenoxy) is 1. The van der Waals surface area contributed by atoms with Gasteiger partial charge in [0.1, 0.15) is 5.75 Å². The maximum absolute atomic E-state index is 12.0. The van der Waals surface area contributed by atoms with Crippen molar-refractivity contribution in [3.8, 4) is 11.5 Å². The summed E-state index contributed by atoms with van der Waals surface area (Å²) in [6, 6.07) is 8.88. The number of nitro groups is 2. The standard InChI is InChI=1S/C14H13N3O8S/c1-24-12-5-2-10(3-6-12)9-15-26(22,23)25-14-7-4-11(16(18)19)8-13(14)17(20)21/h2-8,15H,9H2,1H3. The summed E-state index contributed by atoms with van der Waals surface area (Å²) in [6.45, 7) is -0.132. The molecule has 0 aliphatic rings. The van der Waals surface area contributed by atoms with Crippen LogP contribution in [0.25, 0.3) is 0 Å². The van der Waals surface area contributed by atoms with Crippen LogP contribution in [0.3, 0.4) is 0 Å². The van der Waals surface area contributed by atoms with Gasteiger partial charge in [0.25, 0.3) is 5.69 Å². The van der Waals surface area contributed by atoms with Crippen molar-refractivity contribution < 1.29 is 27.2 Å². The Hall–Kier alpha value is -3.25. The summed E-state index contributed by atoms with van der Waals surface area (Å²) >= 11 is 0. The average Bonchev–Trinajstić information content (AvgIpc) is 2.60. The molecule has 0 atom stereocenters. The second kappa shape index (κ2) is 7.76. The van der Waals surface area contributed by atoms with Gasteiger partial charge in [-0.15, -0.1) is 0 Å². The molecule has 1 N–H and O–H groups in total. The van der Waals surface area contributed by atoms with Gasteiger partial charge >= 0.3 is 16.0 Å². The lowest BCUT2D eigenvalue weighted by atomic mass is 10.2. The smallest absolute Gasteiger partial charge is 0.383 e. The monoisotopic (exact) mass is 383 g/mol. The molecule has 2 aromatic carbocycles. The lowest BCUT2D eigenvalue weighted by Gasteiger charge is -2.09. The highest BCUT2D eigenvalue weighted by Gasteiger charge is 2.24. The third kappa shape index (κ3) is 4.87. The van der Waals surface area contributed by atoms with Gasteiger partial charge in [-0.1, -0.05) is 12.1 Å². The Kier molecular flexibility index (Phi) is 5.69. The molecule has 0 spiro atoms. The lowest BCUT2D eigenvalue weighted by molar-refractivity contribution is -0.394. The molecular weight excluding hydrogens is 370 g/mol. The van der Waals surface area contributed by atoms with E-state index in [0.717, 1.165) is 12.1 Å². The van der Waals surface area contributed by atoms with E-state index in [9.17, 15) is 28.6 Å². The third-order valence-electron chi connectivity index (χ3n) is 3.16. The van der Waals surface area contributed by atoms with Gasteiger partial charge < -0.3 is 8.92 Å². The molecule has 0 saturated carbocycles. The second-order valence-electron chi connectivity index (χ2n) is 4.87. The van der Waals surface area contributed by atoms with E-state index in [4.69, 9.17) is 4.74 Å². The molecule has 2 aromatic rings. The molecular formula is C14H13N3O8S. The molecule has 2 rings (SSSR count). The Morgan fingerprint density at radius 3 is 2.23 bits per heavy atom. The highest BCUT2D eigenvalue weighted by Crippen LogP contribution is 2.31. The summed E-state index contributed by atoms with van der Waals surface area (Å²) in [6.07, 6.45) is 0. The number of nitro benzene ring substituents is 2. The zero-order chi connectivity index (χ0) is 19.3. The first kappa shape index (κ1) is 19.1. The first-order chi connectivity index (χ1) is 12.2. The highest BCUT2D eigenvalue weighted by molar-refractivity contribution is 7.85. The molecule has 0 amide bonds. The number of hydrogen-bond acceptors (Lipinski definition) is 8. The number of methoxy groups -OCH3 is 1. The van der Waals surface area contributed by atoms with Crippen molar-refractivity contribution in [1.82, 2.24) is 4.72 Å². The van der Waals surface area contributed by atoms with E-state index in [0.29, 0.717) is 17.4 Å². The van der Waals surface area contributed by atoms with Crippen LogP contribution in [0.1, 0.15) is 5.56 Å². The van der Waals surface area contributed by atoms with E-state index >= 15 is 0 Å². The Bertz CT molecular complexity index is 928. The Balaban J connectivity index is 2.15. The fraction of sp³-hybridized carbons (Fsp3) is 0.143. The van der Waals surface area contributed by atoms with Gasteiger partial charge in [-0.25, -0.2) is 0 Å². The Morgan fingerprint density at radius 1 is 1.04 bits per heavy atom. The predicted molar refractivity (Wildman–Crippen MR) is 89.1 cm³/mol. The summed E-state index contributed by atoms with van der Waals surface area (Å²) in [5.41, 5.74) is -0.808. The van der Waals surface area contributed by atoms with Crippen LogP contribution in [0.15, 0.2) is 42.5 Å². The summed E-state index contributed by atoms with van der Waals surface area (Å²) in [5, 5.41) is 21.7. The molecule has 0 heterocycles. The zero-order valence-electron chi connectivity index (χ0n) is 13.3. The van der Waals surface area contributed by atoms with E-state index in [1.165, 1.54) is 7.11 Å². The van der Waals surface area contributed by atoms with E-state index in [1.807, 2.05) is 0 Å². The quantitative estimate of drug-likeness (QED) is 0.536. The van der Waals surface area contributed by atoms with Crippen LogP contribution in [0.4, 0.5) is 11.4 Å². The van der Waals surface area contributed by atoms with Crippen LogP contribution >= 0.6 is 0 Å². The molecule has 12 heteroatoms. The normalized spacial score (nSPS) is 11.0. The van der Waals surface area contributed by atoms with Crippen LogP contribution in [0.5, 0.6) is 11.5 Å². The van der Waals surface area contributed by atoms with Gasteiger partial charge in [-0.2, -0.15) is 13.1 Å². The van der Waals surface area contributed by atoms with Crippen molar-refractivity contribution in [2.24, 2.45) is 0 Å². The summed E-state index contributed by atoms with van der Waals surface area (Å²) in [4.78, 5) is 19.9. The van der Waals surface area contributed by atoms with Crippen LogP contribution in [0.2, 0.25) is 0 Å². The van der Waals surface area contributed by atoms with E-state index in [-0.39, 0.29) is 6.54 Å². The van der Waals surface area contributed by atoms with Crippen LogP contribution in [-0.4, -0.2) is 25.4 Å². The molecule has 0 bridgehead atoms. The molecule has 26 heavy (non-hydrogen) atoms. The SMILES string of the molecule is COc1ccc(CNS(=O)(=O)Oc2ccc([N+](=O)[O-])cc2[N+](=O)[O-])cc1. The number of hydrogen-bond donors (Lipinski definition) is 1. The van der Waals surface area contributed by atoms with Crippen molar-refractivity contribution in [3.63, 3.8) is 0 Å². The molecule has 0 fully saturated rings. The van der Waals surface area contributed by atoms with Crippen molar-refractivity contribution in [2.45, 2.75) is 6.54 Å². The highest BCUT2D eigenvalue weighted by atomic mass is 32.2. The van der Waals surface area contributed by atoms with Crippen molar-refractivity contribution in [3.05, 3.63) is 68.3 Å². The first-order valence-electron chi connectivity index (χ1n) is 6.96. The maximum Gasteiger partial charge on any atom is 0.383 e. The van der Waals surface area contributed by atoms with Crippen molar-refractivity contribution in [1.29, 1.82) is 0 Å². The Labute approximate surface area is 147 Å². The van der Waals surface area contributed by atoms with E-state index in [2.05, 4.69) is 8.91 Å². The summed E-state index contributed by atoms with van der Waals surface area (Å²) in [7, 11) is -2.90. The number of nitrogens with one attached hydrogen (secondary N) is 1. The first-order valence-corrected chi connectivity index (χ1v) is 8.37. The summed E-state index contributed by atoms with van der Waals surface area (Å²) < 4.78 is 35.7. The fourth-order valence-electron chi connectivity index (χ4n) is 1.90. The minimum Gasteiger partial charge on any atom is -0.497 e. The molecule has 0 aliphatic heterocycles. The predicted octanol–water partition coefficient (Wildman–Crippen LogP) is 1.92. The van der Waals surface area contributed by atoms with Gasteiger partial charge in [-0.05, 0) is 23.8 Å². The largest absolute Gasteiger partial charge is 0.497 e. The van der Waals surface area contributed by atoms with Gasteiger partial charge in [0.2, 0.25) is 5.75 Å². The molecule has 0 aliphatic carbocycles. The van der Waals surface area contributed by atoms with E-state index < -0.39 is 37.3 Å². The fourth-order valence-corrected chi connectivity index (χ4v) is 2.67. The maximum atomic E-state index is 12.0. The number of nitrogens with zero attached hydrogens (tertiary/aromatic N) is 2. The van der Waals surface area contributed by atoms with Gasteiger partial charge in [0, 0.05) is 12.6 Å². The minimum absolute atomic E-state index is 0.132. The number of benzene rings is 2. The average molecular weight is 383 g/mol. The van der Waals surface area contributed by atoms with E-state index in [1.54, 1.807) is 24.3 Å². The zero-order valence-corrected chi connectivity index (χ0v) is 14.1. The molecule has 0 unspecified atom stereocenters. The van der Waals surface area contributed by atoms with Crippen LogP contribution in [0, 0.1) is 20.2 Å². The molecule has 0 saturated heterocycles. The van der Waals surface area contributed by atoms with Gasteiger partial charge in [-0.3, -0.25) is 20.2 Å². The number of rotatable bonds is 8. The second-order valence-corrected chi connectivity index (χ2v) is 6.24. The molecule has 138 valence electrons. The minimum atomic E-state index is -4.39. The summed E-state index contributed by atoms with van der Waals surface area (Å²) in [5.74, 6) is -0.0443. The molecule has 0 radical (unpaired) electrons. The van der Waals surface area contributed by atoms with Crippen LogP contribution < -0.4 is 13.6 Å². The van der Waals surface area contributed by atoms with Crippen molar-refractivity contribution >= 4 is 21.7 Å². The molecule has 0 aromatic heterocycles. The van der Waals surface area contributed by atoms with Gasteiger partial charge in [0.05, 0.1) is 23.0 Å². The topological polar surface area (TPSA) is 151 Å². The molecule has 11 nitrogen and oxygen atoms in total. The van der Waals surface area contributed by atoms with Gasteiger partial charge in [0.15, 0.2) is 0 Å². The Morgan fingerprint density at radius 2 is 1.69 bits per heavy atom. The third-order valence-corrected chi connectivity index (χ3v) is 4.06. The van der Waals surface area contributed by atoms with Crippen LogP contribution in [-0.2, 0) is 16.8 Å².